The molecule has 2 aromatic rings. The highest BCUT2D eigenvalue weighted by molar-refractivity contribution is 6.30. The fourth-order valence-corrected chi connectivity index (χ4v) is 2.93. The van der Waals surface area contributed by atoms with Gasteiger partial charge in [-0.05, 0) is 42.3 Å². The van der Waals surface area contributed by atoms with Gasteiger partial charge in [0.2, 0.25) is 0 Å². The first-order valence-electron chi connectivity index (χ1n) is 8.13. The fraction of sp³-hybridized carbons (Fsp3) is 0.316. The molecule has 0 aliphatic carbocycles. The summed E-state index contributed by atoms with van der Waals surface area (Å²) in [4.78, 5) is 13.2. The normalized spacial score (nSPS) is 11.8. The van der Waals surface area contributed by atoms with E-state index in [4.69, 9.17) is 27.9 Å². The number of carbonyl (C=O) groups is 1. The Balaban J connectivity index is 1.78. The molecule has 0 saturated heterocycles. The summed E-state index contributed by atoms with van der Waals surface area (Å²) in [5.41, 5.74) is 2.13. The Morgan fingerprint density at radius 1 is 1.12 bits per heavy atom. The van der Waals surface area contributed by atoms with Gasteiger partial charge in [0.1, 0.15) is 12.3 Å². The van der Waals surface area contributed by atoms with Gasteiger partial charge in [-0.15, -0.1) is 0 Å². The maximum atomic E-state index is 12.1. The molecule has 0 aliphatic rings. The van der Waals surface area contributed by atoms with Crippen LogP contribution in [0, 0.1) is 0 Å². The van der Waals surface area contributed by atoms with Crippen molar-refractivity contribution in [3.63, 3.8) is 0 Å². The number of amides is 1. The van der Waals surface area contributed by atoms with Crippen LogP contribution in [0.2, 0.25) is 10.0 Å². The first-order chi connectivity index (χ1) is 12.0. The number of nitrogens with one attached hydrogen (secondary N) is 2. The zero-order valence-corrected chi connectivity index (χ0v) is 16.0. The van der Waals surface area contributed by atoms with Gasteiger partial charge < -0.3 is 15.0 Å². The lowest BCUT2D eigenvalue weighted by atomic mass is 10.1. The second kappa shape index (κ2) is 9.66. The molecule has 1 amide bonds. The highest BCUT2D eigenvalue weighted by atomic mass is 35.5. The Labute approximate surface area is 158 Å². The molecule has 134 valence electrons. The van der Waals surface area contributed by atoms with E-state index in [1.54, 1.807) is 13.2 Å². The van der Waals surface area contributed by atoms with Crippen molar-refractivity contribution in [3.05, 3.63) is 63.6 Å². The molecular formula is C19H23Cl2N2O2+. The molecule has 25 heavy (non-hydrogen) atoms. The largest absolute Gasteiger partial charge is 0.496 e. The molecule has 0 spiro atoms. The van der Waals surface area contributed by atoms with Gasteiger partial charge >= 0.3 is 0 Å². The van der Waals surface area contributed by atoms with E-state index < -0.39 is 0 Å². The van der Waals surface area contributed by atoms with Gasteiger partial charge in [0.15, 0.2) is 6.54 Å². The summed E-state index contributed by atoms with van der Waals surface area (Å²) in [7, 11) is 3.60. The minimum absolute atomic E-state index is 0.0208. The zero-order chi connectivity index (χ0) is 18.2. The van der Waals surface area contributed by atoms with Crippen molar-refractivity contribution in [2.24, 2.45) is 0 Å². The minimum Gasteiger partial charge on any atom is -0.496 e. The quantitative estimate of drug-likeness (QED) is 0.736. The number of benzene rings is 2. The van der Waals surface area contributed by atoms with Gasteiger partial charge in [0.25, 0.3) is 5.91 Å². The zero-order valence-electron chi connectivity index (χ0n) is 14.4. The van der Waals surface area contributed by atoms with Crippen LogP contribution in [0.5, 0.6) is 5.75 Å². The smallest absolute Gasteiger partial charge is 0.275 e. The number of hydrogen-bond acceptors (Lipinski definition) is 2. The lowest BCUT2D eigenvalue weighted by Gasteiger charge is -2.16. The summed E-state index contributed by atoms with van der Waals surface area (Å²) in [5.74, 6) is 0.805. The summed E-state index contributed by atoms with van der Waals surface area (Å²) >= 11 is 11.9. The summed E-state index contributed by atoms with van der Waals surface area (Å²) in [6, 6.07) is 13.2. The van der Waals surface area contributed by atoms with Crippen molar-refractivity contribution in [1.29, 1.82) is 0 Å². The molecule has 0 saturated carbocycles. The Bertz CT molecular complexity index is 705. The van der Waals surface area contributed by atoms with Crippen LogP contribution in [-0.2, 0) is 17.8 Å². The minimum atomic E-state index is 0.0208. The molecule has 6 heteroatoms. The van der Waals surface area contributed by atoms with Gasteiger partial charge in [-0.3, -0.25) is 4.79 Å². The molecule has 4 nitrogen and oxygen atoms in total. The highest BCUT2D eigenvalue weighted by Gasteiger charge is 2.13. The van der Waals surface area contributed by atoms with Crippen LogP contribution in [0.3, 0.4) is 0 Å². The predicted octanol–water partition coefficient (Wildman–Crippen LogP) is 2.38. The Kier molecular flexibility index (Phi) is 7.56. The number of likely N-dealkylation sites (N-methyl/N-ethyl adjacent to an activating group) is 1. The van der Waals surface area contributed by atoms with E-state index in [1.807, 2.05) is 43.4 Å². The third kappa shape index (κ3) is 6.58. The number of halogens is 2. The van der Waals surface area contributed by atoms with Crippen LogP contribution in [0.25, 0.3) is 0 Å². The number of methoxy groups -OCH3 is 1. The second-order valence-corrected chi connectivity index (χ2v) is 6.87. The summed E-state index contributed by atoms with van der Waals surface area (Å²) in [6.07, 6.45) is 0.782. The van der Waals surface area contributed by atoms with Crippen molar-refractivity contribution >= 4 is 29.1 Å². The molecular weight excluding hydrogens is 359 g/mol. The van der Waals surface area contributed by atoms with Gasteiger partial charge in [-0.25, -0.2) is 0 Å². The van der Waals surface area contributed by atoms with Gasteiger partial charge in [0, 0.05) is 22.2 Å². The van der Waals surface area contributed by atoms with Crippen molar-refractivity contribution in [2.45, 2.75) is 13.0 Å². The molecule has 0 radical (unpaired) electrons. The summed E-state index contributed by atoms with van der Waals surface area (Å²) in [5, 5.41) is 4.33. The number of ether oxygens (including phenoxy) is 1. The maximum Gasteiger partial charge on any atom is 0.275 e. The molecule has 1 atom stereocenters. The van der Waals surface area contributed by atoms with E-state index >= 15 is 0 Å². The van der Waals surface area contributed by atoms with E-state index in [0.29, 0.717) is 24.7 Å². The molecule has 1 unspecified atom stereocenters. The molecule has 2 N–H and O–H groups in total. The summed E-state index contributed by atoms with van der Waals surface area (Å²) < 4.78 is 5.35. The second-order valence-electron chi connectivity index (χ2n) is 5.99. The topological polar surface area (TPSA) is 42.8 Å². The van der Waals surface area contributed by atoms with E-state index in [2.05, 4.69) is 5.32 Å². The lowest BCUT2D eigenvalue weighted by Crippen LogP contribution is -3.08. The van der Waals surface area contributed by atoms with Crippen LogP contribution >= 0.6 is 23.2 Å². The van der Waals surface area contributed by atoms with Gasteiger partial charge in [0.05, 0.1) is 14.2 Å². The SMILES string of the molecule is COc1ccc(Cl)cc1C[NH+](C)CC(=O)NCCc1ccc(Cl)cc1. The average Bonchev–Trinajstić information content (AvgIpc) is 2.57. The highest BCUT2D eigenvalue weighted by Crippen LogP contribution is 2.21. The third-order valence-corrected chi connectivity index (χ3v) is 4.33. The lowest BCUT2D eigenvalue weighted by molar-refractivity contribution is -0.885. The van der Waals surface area contributed by atoms with Crippen LogP contribution < -0.4 is 15.0 Å². The molecule has 0 aromatic heterocycles. The Hall–Kier alpha value is -1.75. The van der Waals surface area contributed by atoms with E-state index in [0.717, 1.165) is 33.2 Å². The van der Waals surface area contributed by atoms with Crippen LogP contribution in [-0.4, -0.2) is 33.2 Å². The van der Waals surface area contributed by atoms with Crippen molar-refractivity contribution in [3.8, 4) is 5.75 Å². The Morgan fingerprint density at radius 2 is 1.80 bits per heavy atom. The van der Waals surface area contributed by atoms with Crippen LogP contribution in [0.1, 0.15) is 11.1 Å². The average molecular weight is 382 g/mol. The third-order valence-electron chi connectivity index (χ3n) is 3.85. The van der Waals surface area contributed by atoms with Crippen LogP contribution in [0.15, 0.2) is 42.5 Å². The first-order valence-corrected chi connectivity index (χ1v) is 8.88. The standard InChI is InChI=1S/C19H22Cl2N2O2/c1-23(12-15-11-17(21)7-8-18(15)25-2)13-19(24)22-10-9-14-3-5-16(20)6-4-14/h3-8,11H,9-10,12-13H2,1-2H3,(H,22,24)/p+1. The van der Waals surface area contributed by atoms with E-state index in [-0.39, 0.29) is 5.91 Å². The predicted molar refractivity (Wildman–Crippen MR) is 102 cm³/mol. The van der Waals surface area contributed by atoms with E-state index in [1.165, 1.54) is 0 Å². The number of carbonyl (C=O) groups excluding carboxylic acids is 1. The van der Waals surface area contributed by atoms with Crippen molar-refractivity contribution < 1.29 is 14.4 Å². The first kappa shape index (κ1) is 19.6. The molecule has 0 fully saturated rings. The van der Waals surface area contributed by atoms with Gasteiger partial charge in [-0.1, -0.05) is 35.3 Å². The molecule has 0 aliphatic heterocycles. The Morgan fingerprint density at radius 3 is 2.48 bits per heavy atom. The molecule has 0 bridgehead atoms. The summed E-state index contributed by atoms with van der Waals surface area (Å²) in [6.45, 7) is 1.65. The van der Waals surface area contributed by atoms with Crippen molar-refractivity contribution in [1.82, 2.24) is 5.32 Å². The van der Waals surface area contributed by atoms with Crippen LogP contribution in [0.4, 0.5) is 0 Å². The number of rotatable bonds is 8. The number of hydrogen-bond donors (Lipinski definition) is 2. The van der Waals surface area contributed by atoms with Gasteiger partial charge in [-0.2, -0.15) is 0 Å². The monoisotopic (exact) mass is 381 g/mol. The molecule has 2 aromatic carbocycles. The fourth-order valence-electron chi connectivity index (χ4n) is 2.61. The van der Waals surface area contributed by atoms with E-state index in [9.17, 15) is 4.79 Å². The molecule has 0 heterocycles. The van der Waals surface area contributed by atoms with Crippen molar-refractivity contribution in [2.75, 3.05) is 27.2 Å². The maximum absolute atomic E-state index is 12.1. The molecule has 2 rings (SSSR count). The number of quaternary nitrogens is 1.